The number of hydrogen-bond acceptors (Lipinski definition) is 2. The van der Waals surface area contributed by atoms with Crippen LogP contribution in [0, 0.1) is 0 Å². The van der Waals surface area contributed by atoms with Gasteiger partial charge in [-0.05, 0) is 12.5 Å². The Bertz CT molecular complexity index is 283. The molecule has 0 aromatic carbocycles. The molecule has 0 bridgehead atoms. The first-order valence-corrected chi connectivity index (χ1v) is 5.24. The molecule has 0 saturated heterocycles. The van der Waals surface area contributed by atoms with Gasteiger partial charge in [-0.3, -0.25) is 5.10 Å². The monoisotopic (exact) mass is 195 g/mol. The van der Waals surface area contributed by atoms with E-state index in [2.05, 4.69) is 44.0 Å². The van der Waals surface area contributed by atoms with Crippen molar-refractivity contribution in [2.24, 2.45) is 5.73 Å². The van der Waals surface area contributed by atoms with Crippen LogP contribution < -0.4 is 5.73 Å². The third-order valence-electron chi connectivity index (χ3n) is 2.41. The van der Waals surface area contributed by atoms with E-state index in [9.17, 15) is 0 Å². The molecular formula is C11H21N3. The predicted molar refractivity (Wildman–Crippen MR) is 59.3 cm³/mol. The highest BCUT2D eigenvalue weighted by Crippen LogP contribution is 2.20. The van der Waals surface area contributed by atoms with E-state index in [1.807, 2.05) is 0 Å². The molecule has 0 aliphatic rings. The number of rotatable bonds is 3. The molecule has 0 aliphatic heterocycles. The third kappa shape index (κ3) is 2.84. The molecule has 1 aromatic rings. The van der Waals surface area contributed by atoms with Gasteiger partial charge in [-0.2, -0.15) is 5.10 Å². The maximum atomic E-state index is 5.88. The van der Waals surface area contributed by atoms with Crippen LogP contribution in [0.1, 0.15) is 45.5 Å². The minimum absolute atomic E-state index is 0.116. The summed E-state index contributed by atoms with van der Waals surface area (Å²) in [5, 5.41) is 7.34. The highest BCUT2D eigenvalue weighted by molar-refractivity contribution is 5.16. The van der Waals surface area contributed by atoms with Crippen molar-refractivity contribution in [2.45, 2.75) is 52.0 Å². The number of nitrogens with two attached hydrogens (primary N) is 1. The van der Waals surface area contributed by atoms with E-state index in [-0.39, 0.29) is 11.5 Å². The molecule has 1 rings (SSSR count). The second-order valence-corrected chi connectivity index (χ2v) is 4.90. The van der Waals surface area contributed by atoms with E-state index in [1.54, 1.807) is 0 Å². The highest BCUT2D eigenvalue weighted by Gasteiger charge is 2.17. The summed E-state index contributed by atoms with van der Waals surface area (Å²) in [6.45, 7) is 8.58. The SMILES string of the molecule is CCC(N)Cc1cc(C(C)(C)C)n[nH]1. The number of nitrogens with zero attached hydrogens (tertiary/aromatic N) is 1. The van der Waals surface area contributed by atoms with Gasteiger partial charge in [0.1, 0.15) is 0 Å². The second kappa shape index (κ2) is 4.13. The van der Waals surface area contributed by atoms with Crippen molar-refractivity contribution in [3.05, 3.63) is 17.5 Å². The Balaban J connectivity index is 2.69. The molecule has 0 saturated carbocycles. The van der Waals surface area contributed by atoms with E-state index in [1.165, 1.54) is 0 Å². The zero-order chi connectivity index (χ0) is 10.8. The Morgan fingerprint density at radius 2 is 2.14 bits per heavy atom. The molecule has 0 amide bonds. The van der Waals surface area contributed by atoms with Gasteiger partial charge < -0.3 is 5.73 Å². The molecule has 1 unspecified atom stereocenters. The van der Waals surface area contributed by atoms with E-state index in [0.717, 1.165) is 24.2 Å². The summed E-state index contributed by atoms with van der Waals surface area (Å²) in [6.07, 6.45) is 1.89. The fourth-order valence-corrected chi connectivity index (χ4v) is 1.28. The van der Waals surface area contributed by atoms with Crippen LogP contribution in [0.15, 0.2) is 6.07 Å². The summed E-state index contributed by atoms with van der Waals surface area (Å²) in [4.78, 5) is 0. The summed E-state index contributed by atoms with van der Waals surface area (Å²) < 4.78 is 0. The van der Waals surface area contributed by atoms with Crippen LogP contribution in [0.3, 0.4) is 0 Å². The largest absolute Gasteiger partial charge is 0.327 e. The van der Waals surface area contributed by atoms with Crippen LogP contribution in [0.2, 0.25) is 0 Å². The smallest absolute Gasteiger partial charge is 0.0678 e. The summed E-state index contributed by atoms with van der Waals surface area (Å²) in [5.74, 6) is 0. The van der Waals surface area contributed by atoms with E-state index in [4.69, 9.17) is 5.73 Å². The number of H-pyrrole nitrogens is 1. The molecule has 14 heavy (non-hydrogen) atoms. The first kappa shape index (κ1) is 11.2. The molecule has 1 aromatic heterocycles. The van der Waals surface area contributed by atoms with Crippen molar-refractivity contribution in [1.29, 1.82) is 0 Å². The number of aromatic nitrogens is 2. The molecule has 1 heterocycles. The Morgan fingerprint density at radius 1 is 1.50 bits per heavy atom. The lowest BCUT2D eigenvalue weighted by atomic mass is 9.92. The standard InChI is InChI=1S/C11H21N3/c1-5-8(12)6-9-7-10(14-13-9)11(2,3)4/h7-8H,5-6,12H2,1-4H3,(H,13,14). The molecule has 3 nitrogen and oxygen atoms in total. The van der Waals surface area contributed by atoms with Gasteiger partial charge in [-0.15, -0.1) is 0 Å². The number of aromatic amines is 1. The Labute approximate surface area is 86.1 Å². The van der Waals surface area contributed by atoms with E-state index < -0.39 is 0 Å². The molecule has 80 valence electrons. The van der Waals surface area contributed by atoms with Crippen LogP contribution in [0.5, 0.6) is 0 Å². The molecule has 0 spiro atoms. The topological polar surface area (TPSA) is 54.7 Å². The number of hydrogen-bond donors (Lipinski definition) is 2. The average molecular weight is 195 g/mol. The fourth-order valence-electron chi connectivity index (χ4n) is 1.28. The zero-order valence-electron chi connectivity index (χ0n) is 9.59. The maximum Gasteiger partial charge on any atom is 0.0678 e. The van der Waals surface area contributed by atoms with Crippen molar-refractivity contribution in [1.82, 2.24) is 10.2 Å². The van der Waals surface area contributed by atoms with E-state index in [0.29, 0.717) is 0 Å². The van der Waals surface area contributed by atoms with Crippen LogP contribution in [-0.2, 0) is 11.8 Å². The molecule has 1 atom stereocenters. The van der Waals surface area contributed by atoms with Crippen LogP contribution in [0.4, 0.5) is 0 Å². The van der Waals surface area contributed by atoms with Gasteiger partial charge in [0.15, 0.2) is 0 Å². The summed E-state index contributed by atoms with van der Waals surface area (Å²) in [5.41, 5.74) is 8.24. The van der Waals surface area contributed by atoms with Crippen molar-refractivity contribution < 1.29 is 0 Å². The van der Waals surface area contributed by atoms with Crippen molar-refractivity contribution in [2.75, 3.05) is 0 Å². The van der Waals surface area contributed by atoms with Crippen LogP contribution in [-0.4, -0.2) is 16.2 Å². The van der Waals surface area contributed by atoms with Gasteiger partial charge in [0.2, 0.25) is 0 Å². The van der Waals surface area contributed by atoms with Crippen molar-refractivity contribution in [3.63, 3.8) is 0 Å². The lowest BCUT2D eigenvalue weighted by molar-refractivity contribution is 0.567. The van der Waals surface area contributed by atoms with Gasteiger partial charge in [0.05, 0.1) is 5.69 Å². The third-order valence-corrected chi connectivity index (χ3v) is 2.41. The summed E-state index contributed by atoms with van der Waals surface area (Å²) >= 11 is 0. The van der Waals surface area contributed by atoms with Crippen molar-refractivity contribution in [3.8, 4) is 0 Å². The Kier molecular flexibility index (Phi) is 3.32. The summed E-state index contributed by atoms with van der Waals surface area (Å²) in [6, 6.07) is 2.36. The van der Waals surface area contributed by atoms with Gasteiger partial charge in [0.25, 0.3) is 0 Å². The summed E-state index contributed by atoms with van der Waals surface area (Å²) in [7, 11) is 0. The molecule has 3 heteroatoms. The molecule has 0 fully saturated rings. The zero-order valence-corrected chi connectivity index (χ0v) is 9.59. The average Bonchev–Trinajstić information content (AvgIpc) is 2.51. The van der Waals surface area contributed by atoms with Gasteiger partial charge in [-0.1, -0.05) is 27.7 Å². The minimum atomic E-state index is 0.116. The Hall–Kier alpha value is -0.830. The van der Waals surface area contributed by atoms with Crippen LogP contribution in [0.25, 0.3) is 0 Å². The Morgan fingerprint density at radius 3 is 2.57 bits per heavy atom. The lowest BCUT2D eigenvalue weighted by Gasteiger charge is -2.13. The molecule has 0 radical (unpaired) electrons. The first-order chi connectivity index (χ1) is 6.43. The van der Waals surface area contributed by atoms with Gasteiger partial charge in [0, 0.05) is 23.6 Å². The highest BCUT2D eigenvalue weighted by atomic mass is 15.1. The number of nitrogens with one attached hydrogen (secondary N) is 1. The predicted octanol–water partition coefficient (Wildman–Crippen LogP) is 1.99. The molecule has 3 N–H and O–H groups in total. The van der Waals surface area contributed by atoms with E-state index >= 15 is 0 Å². The second-order valence-electron chi connectivity index (χ2n) is 4.90. The molecular weight excluding hydrogens is 174 g/mol. The normalized spacial score (nSPS) is 14.4. The van der Waals surface area contributed by atoms with Gasteiger partial charge in [-0.25, -0.2) is 0 Å². The van der Waals surface area contributed by atoms with Crippen LogP contribution >= 0.6 is 0 Å². The lowest BCUT2D eigenvalue weighted by Crippen LogP contribution is -2.21. The van der Waals surface area contributed by atoms with Gasteiger partial charge >= 0.3 is 0 Å². The fraction of sp³-hybridized carbons (Fsp3) is 0.727. The van der Waals surface area contributed by atoms with Crippen molar-refractivity contribution >= 4 is 0 Å². The first-order valence-electron chi connectivity index (χ1n) is 5.24. The molecule has 0 aliphatic carbocycles. The quantitative estimate of drug-likeness (QED) is 0.775. The maximum absolute atomic E-state index is 5.88. The minimum Gasteiger partial charge on any atom is -0.327 e.